The third-order valence-corrected chi connectivity index (χ3v) is 2.89. The number of fused-ring (bicyclic) bond motifs is 2. The van der Waals surface area contributed by atoms with E-state index in [4.69, 9.17) is 18.9 Å². The van der Waals surface area contributed by atoms with Crippen LogP contribution in [0.15, 0.2) is 6.20 Å². The lowest BCUT2D eigenvalue weighted by Gasteiger charge is -2.07. The predicted molar refractivity (Wildman–Crippen MR) is 71.6 cm³/mol. The summed E-state index contributed by atoms with van der Waals surface area (Å²) in [5.41, 5.74) is 0.995. The van der Waals surface area contributed by atoms with Crippen molar-refractivity contribution in [1.82, 2.24) is 15.0 Å². The molecule has 7 nitrogen and oxygen atoms in total. The molecular weight excluding hydrogens is 262 g/mol. The fourth-order valence-corrected chi connectivity index (χ4v) is 1.84. The standard InChI is InChI=1S/C13H23N3O4/c1-2-13-12-16(15-14-13)3-5-18-7-9-20-11-10-19-8-6-17-4-1/h12H,1-11H2. The second-order valence-corrected chi connectivity index (χ2v) is 4.53. The molecule has 0 saturated carbocycles. The van der Waals surface area contributed by atoms with Crippen LogP contribution < -0.4 is 0 Å². The van der Waals surface area contributed by atoms with Crippen molar-refractivity contribution in [2.45, 2.75) is 19.4 Å². The molecule has 1 aliphatic heterocycles. The summed E-state index contributed by atoms with van der Waals surface area (Å²) < 4.78 is 23.5. The van der Waals surface area contributed by atoms with E-state index in [9.17, 15) is 0 Å². The third kappa shape index (κ3) is 6.42. The molecule has 2 bridgehead atoms. The Morgan fingerprint density at radius 1 is 0.800 bits per heavy atom. The van der Waals surface area contributed by atoms with Gasteiger partial charge in [0.2, 0.25) is 0 Å². The molecule has 0 atom stereocenters. The van der Waals surface area contributed by atoms with E-state index >= 15 is 0 Å². The zero-order valence-electron chi connectivity index (χ0n) is 11.8. The molecule has 0 N–H and O–H groups in total. The van der Waals surface area contributed by atoms with Crippen molar-refractivity contribution in [3.05, 3.63) is 11.9 Å². The smallest absolute Gasteiger partial charge is 0.0828 e. The fraction of sp³-hybridized carbons (Fsp3) is 0.846. The molecule has 0 radical (unpaired) electrons. The average Bonchev–Trinajstić information content (AvgIpc) is 2.90. The van der Waals surface area contributed by atoms with E-state index < -0.39 is 0 Å². The first kappa shape index (κ1) is 15.4. The maximum absolute atomic E-state index is 5.49. The summed E-state index contributed by atoms with van der Waals surface area (Å²) in [6.45, 7) is 5.64. The van der Waals surface area contributed by atoms with E-state index in [1.807, 2.05) is 10.9 Å². The molecule has 7 heteroatoms. The molecule has 0 spiro atoms. The van der Waals surface area contributed by atoms with Crippen LogP contribution in [0.5, 0.6) is 0 Å². The molecule has 2 rings (SSSR count). The van der Waals surface area contributed by atoms with Crippen LogP contribution in [-0.2, 0) is 31.9 Å². The molecular formula is C13H23N3O4. The summed E-state index contributed by atoms with van der Waals surface area (Å²) in [5.74, 6) is 0. The zero-order valence-corrected chi connectivity index (χ0v) is 11.8. The highest BCUT2D eigenvalue weighted by atomic mass is 16.6. The van der Waals surface area contributed by atoms with Crippen LogP contribution in [0.3, 0.4) is 0 Å². The molecule has 1 aromatic heterocycles. The van der Waals surface area contributed by atoms with Crippen molar-refractivity contribution in [2.75, 3.05) is 52.9 Å². The van der Waals surface area contributed by atoms with Gasteiger partial charge in [-0.05, 0) is 12.8 Å². The minimum atomic E-state index is 0.586. The highest BCUT2D eigenvalue weighted by Crippen LogP contribution is 1.99. The molecule has 1 aliphatic rings. The van der Waals surface area contributed by atoms with E-state index in [1.165, 1.54) is 0 Å². The first-order chi connectivity index (χ1) is 9.95. The van der Waals surface area contributed by atoms with Gasteiger partial charge in [0.15, 0.2) is 0 Å². The van der Waals surface area contributed by atoms with Gasteiger partial charge in [0, 0.05) is 12.8 Å². The van der Waals surface area contributed by atoms with Crippen LogP contribution in [0, 0.1) is 0 Å². The average molecular weight is 285 g/mol. The minimum Gasteiger partial charge on any atom is -0.379 e. The van der Waals surface area contributed by atoms with E-state index in [2.05, 4.69) is 10.3 Å². The van der Waals surface area contributed by atoms with Gasteiger partial charge < -0.3 is 18.9 Å². The molecule has 0 aliphatic carbocycles. The Morgan fingerprint density at radius 2 is 1.40 bits per heavy atom. The minimum absolute atomic E-state index is 0.586. The van der Waals surface area contributed by atoms with Gasteiger partial charge >= 0.3 is 0 Å². The van der Waals surface area contributed by atoms with Gasteiger partial charge in [0.25, 0.3) is 0 Å². The molecule has 1 aromatic rings. The lowest BCUT2D eigenvalue weighted by molar-refractivity contribution is -0.00302. The lowest BCUT2D eigenvalue weighted by Crippen LogP contribution is -2.14. The molecule has 0 saturated heterocycles. The Hall–Kier alpha value is -1.02. The van der Waals surface area contributed by atoms with Crippen LogP contribution in [0.1, 0.15) is 12.1 Å². The van der Waals surface area contributed by atoms with Gasteiger partial charge in [-0.25, -0.2) is 4.68 Å². The Kier molecular flexibility index (Phi) is 7.54. The molecule has 0 unspecified atom stereocenters. The van der Waals surface area contributed by atoms with E-state index in [0.29, 0.717) is 52.8 Å². The Bertz CT molecular complexity index is 329. The molecule has 0 aromatic carbocycles. The second kappa shape index (κ2) is 9.82. The third-order valence-electron chi connectivity index (χ3n) is 2.89. The van der Waals surface area contributed by atoms with Crippen LogP contribution >= 0.6 is 0 Å². The monoisotopic (exact) mass is 285 g/mol. The molecule has 0 amide bonds. The lowest BCUT2D eigenvalue weighted by atomic mass is 10.2. The Labute approximate surface area is 119 Å². The molecule has 0 fully saturated rings. The van der Waals surface area contributed by atoms with Gasteiger partial charge in [-0.15, -0.1) is 5.10 Å². The number of ether oxygens (including phenoxy) is 4. The van der Waals surface area contributed by atoms with Crippen molar-refractivity contribution in [2.24, 2.45) is 0 Å². The van der Waals surface area contributed by atoms with Gasteiger partial charge in [-0.2, -0.15) is 0 Å². The molecule has 20 heavy (non-hydrogen) atoms. The quantitative estimate of drug-likeness (QED) is 0.682. The first-order valence-electron chi connectivity index (χ1n) is 7.15. The number of hydrogen-bond donors (Lipinski definition) is 0. The number of hydrogen-bond acceptors (Lipinski definition) is 6. The number of nitrogens with zero attached hydrogens (tertiary/aromatic N) is 3. The summed E-state index contributed by atoms with van der Waals surface area (Å²) in [6, 6.07) is 0. The van der Waals surface area contributed by atoms with Crippen LogP contribution in [0.2, 0.25) is 0 Å². The highest BCUT2D eigenvalue weighted by molar-refractivity contribution is 4.92. The predicted octanol–water partition coefficient (Wildman–Crippen LogP) is 0.291. The van der Waals surface area contributed by atoms with Crippen molar-refractivity contribution >= 4 is 0 Å². The van der Waals surface area contributed by atoms with Crippen molar-refractivity contribution in [3.8, 4) is 0 Å². The molecule has 2 heterocycles. The van der Waals surface area contributed by atoms with Gasteiger partial charge in [0.1, 0.15) is 0 Å². The van der Waals surface area contributed by atoms with Crippen LogP contribution in [0.25, 0.3) is 0 Å². The van der Waals surface area contributed by atoms with Gasteiger partial charge in [0.05, 0.1) is 58.5 Å². The zero-order chi connectivity index (χ0) is 13.9. The Balaban J connectivity index is 1.72. The highest BCUT2D eigenvalue weighted by Gasteiger charge is 2.01. The topological polar surface area (TPSA) is 67.6 Å². The maximum atomic E-state index is 5.49. The largest absolute Gasteiger partial charge is 0.379 e. The number of rotatable bonds is 0. The summed E-state index contributed by atoms with van der Waals surface area (Å²) in [6.07, 6.45) is 3.79. The number of aromatic nitrogens is 3. The van der Waals surface area contributed by atoms with Crippen LogP contribution in [-0.4, -0.2) is 67.8 Å². The normalized spacial score (nSPS) is 21.0. The van der Waals surface area contributed by atoms with Crippen LogP contribution in [0.4, 0.5) is 0 Å². The second-order valence-electron chi connectivity index (χ2n) is 4.53. The number of aryl methyl sites for hydroxylation is 1. The van der Waals surface area contributed by atoms with Gasteiger partial charge in [-0.3, -0.25) is 0 Å². The summed E-state index contributed by atoms with van der Waals surface area (Å²) in [5, 5.41) is 8.20. The fourth-order valence-electron chi connectivity index (χ4n) is 1.84. The van der Waals surface area contributed by atoms with Crippen molar-refractivity contribution in [3.63, 3.8) is 0 Å². The van der Waals surface area contributed by atoms with E-state index in [1.54, 1.807) is 0 Å². The summed E-state index contributed by atoms with van der Waals surface area (Å²) in [4.78, 5) is 0. The maximum Gasteiger partial charge on any atom is 0.0828 e. The van der Waals surface area contributed by atoms with E-state index in [-0.39, 0.29) is 0 Å². The summed E-state index contributed by atoms with van der Waals surface area (Å²) in [7, 11) is 0. The molecule has 114 valence electrons. The van der Waals surface area contributed by atoms with Crippen molar-refractivity contribution < 1.29 is 18.9 Å². The SMILES string of the molecule is c1c2nnn1CCOCCOCCOCCOCCC2. The Morgan fingerprint density at radius 3 is 2.10 bits per heavy atom. The van der Waals surface area contributed by atoms with E-state index in [0.717, 1.165) is 25.1 Å². The summed E-state index contributed by atoms with van der Waals surface area (Å²) >= 11 is 0. The van der Waals surface area contributed by atoms with Crippen molar-refractivity contribution in [1.29, 1.82) is 0 Å². The van der Waals surface area contributed by atoms with Gasteiger partial charge in [-0.1, -0.05) is 5.21 Å². The first-order valence-corrected chi connectivity index (χ1v) is 7.15.